The third kappa shape index (κ3) is 5.52. The summed E-state index contributed by atoms with van der Waals surface area (Å²) in [5.74, 6) is -0.375. The van der Waals surface area contributed by atoms with Crippen molar-refractivity contribution < 1.29 is 13.9 Å². The summed E-state index contributed by atoms with van der Waals surface area (Å²) in [5, 5.41) is 2.88. The number of methoxy groups -OCH3 is 1. The number of nitrogens with one attached hydrogen (secondary N) is 1. The lowest BCUT2D eigenvalue weighted by atomic mass is 9.90. The van der Waals surface area contributed by atoms with Gasteiger partial charge in [-0.25, -0.2) is 4.39 Å². The summed E-state index contributed by atoms with van der Waals surface area (Å²) in [6.07, 6.45) is 0.758. The predicted molar refractivity (Wildman–Crippen MR) is 84.6 cm³/mol. The van der Waals surface area contributed by atoms with Crippen LogP contribution in [0.25, 0.3) is 0 Å². The highest BCUT2D eigenvalue weighted by Gasteiger charge is 2.26. The largest absolute Gasteiger partial charge is 0.494 e. The zero-order valence-electron chi connectivity index (χ0n) is 12.9. The topological polar surface area (TPSA) is 64.3 Å². The summed E-state index contributed by atoms with van der Waals surface area (Å²) < 4.78 is 18.4. The quantitative estimate of drug-likeness (QED) is 0.847. The normalized spacial score (nSPS) is 13.3. The van der Waals surface area contributed by atoms with E-state index in [0.29, 0.717) is 12.5 Å². The van der Waals surface area contributed by atoms with E-state index in [4.69, 9.17) is 10.5 Å². The number of hydrogen-bond acceptors (Lipinski definition) is 3. The van der Waals surface area contributed by atoms with Gasteiger partial charge in [0.2, 0.25) is 0 Å². The maximum Gasteiger partial charge on any atom is 0.251 e. The van der Waals surface area contributed by atoms with E-state index < -0.39 is 11.4 Å². The van der Waals surface area contributed by atoms with Crippen molar-refractivity contribution >= 4 is 18.3 Å². The standard InChI is InChI=1S/C15H23FN2O2.ClH/c1-10(2)8-15(3,9-17)18-14(19)11-5-6-13(20-4)12(16)7-11;/h5-7,10H,8-9,17H2,1-4H3,(H,18,19);1H. The lowest BCUT2D eigenvalue weighted by molar-refractivity contribution is 0.0897. The van der Waals surface area contributed by atoms with Gasteiger partial charge < -0.3 is 15.8 Å². The predicted octanol–water partition coefficient (Wildman–Crippen LogP) is 2.75. The van der Waals surface area contributed by atoms with Crippen LogP contribution >= 0.6 is 12.4 Å². The number of rotatable bonds is 6. The van der Waals surface area contributed by atoms with Crippen LogP contribution in [0.1, 0.15) is 37.6 Å². The van der Waals surface area contributed by atoms with Crippen molar-refractivity contribution in [2.45, 2.75) is 32.7 Å². The Kier molecular flexibility index (Phi) is 7.68. The molecule has 0 bridgehead atoms. The van der Waals surface area contributed by atoms with Crippen LogP contribution < -0.4 is 15.8 Å². The average Bonchev–Trinajstić information content (AvgIpc) is 2.37. The number of benzene rings is 1. The number of carbonyl (C=O) groups is 1. The monoisotopic (exact) mass is 318 g/mol. The molecule has 120 valence electrons. The summed E-state index contributed by atoms with van der Waals surface area (Å²) in [6.45, 7) is 6.35. The van der Waals surface area contributed by atoms with Gasteiger partial charge in [0.25, 0.3) is 5.91 Å². The van der Waals surface area contributed by atoms with Crippen molar-refractivity contribution in [2.75, 3.05) is 13.7 Å². The fourth-order valence-corrected chi connectivity index (χ4v) is 2.24. The zero-order valence-corrected chi connectivity index (χ0v) is 13.7. The van der Waals surface area contributed by atoms with Crippen molar-refractivity contribution in [3.05, 3.63) is 29.6 Å². The molecule has 1 aromatic rings. The van der Waals surface area contributed by atoms with Crippen molar-refractivity contribution in [3.63, 3.8) is 0 Å². The first-order valence-electron chi connectivity index (χ1n) is 6.67. The molecule has 0 heterocycles. The van der Waals surface area contributed by atoms with Crippen LogP contribution in [0.4, 0.5) is 4.39 Å². The number of ether oxygens (including phenoxy) is 1. The lowest BCUT2D eigenvalue weighted by Crippen LogP contribution is -2.52. The van der Waals surface area contributed by atoms with Gasteiger partial charge in [-0.15, -0.1) is 12.4 Å². The summed E-state index contributed by atoms with van der Waals surface area (Å²) in [5.41, 5.74) is 5.51. The molecule has 0 aliphatic rings. The first-order chi connectivity index (χ1) is 9.31. The summed E-state index contributed by atoms with van der Waals surface area (Å²) in [6, 6.07) is 4.14. The van der Waals surface area contributed by atoms with Crippen molar-refractivity contribution in [1.82, 2.24) is 5.32 Å². The van der Waals surface area contributed by atoms with Crippen LogP contribution in [-0.4, -0.2) is 25.1 Å². The molecule has 0 fully saturated rings. The van der Waals surface area contributed by atoms with Gasteiger partial charge in [0, 0.05) is 17.6 Å². The van der Waals surface area contributed by atoms with Crippen LogP contribution in [0.3, 0.4) is 0 Å². The Labute approximate surface area is 131 Å². The molecule has 0 radical (unpaired) electrons. The molecule has 6 heteroatoms. The van der Waals surface area contributed by atoms with E-state index >= 15 is 0 Å². The molecule has 1 aromatic carbocycles. The van der Waals surface area contributed by atoms with Crippen LogP contribution in [0.2, 0.25) is 0 Å². The Balaban J connectivity index is 0.00000400. The Morgan fingerprint density at radius 1 is 1.48 bits per heavy atom. The molecule has 0 aromatic heterocycles. The van der Waals surface area contributed by atoms with E-state index in [1.807, 2.05) is 6.92 Å². The molecule has 1 rings (SSSR count). The third-order valence-electron chi connectivity index (χ3n) is 3.14. The Bertz CT molecular complexity index is 483. The minimum atomic E-state index is -0.557. The fourth-order valence-electron chi connectivity index (χ4n) is 2.24. The van der Waals surface area contributed by atoms with Gasteiger partial charge in [-0.3, -0.25) is 4.79 Å². The first kappa shape index (κ1) is 19.7. The molecule has 1 atom stereocenters. The van der Waals surface area contributed by atoms with Gasteiger partial charge in [0.05, 0.1) is 7.11 Å². The molecular weight excluding hydrogens is 295 g/mol. The highest BCUT2D eigenvalue weighted by molar-refractivity contribution is 5.94. The molecule has 0 spiro atoms. The minimum Gasteiger partial charge on any atom is -0.494 e. The highest BCUT2D eigenvalue weighted by Crippen LogP contribution is 2.20. The molecule has 0 saturated carbocycles. The van der Waals surface area contributed by atoms with E-state index in [1.165, 1.54) is 25.3 Å². The Morgan fingerprint density at radius 3 is 2.52 bits per heavy atom. The lowest BCUT2D eigenvalue weighted by Gasteiger charge is -2.31. The molecular formula is C15H24ClFN2O2. The second-order valence-corrected chi connectivity index (χ2v) is 5.67. The van der Waals surface area contributed by atoms with Gasteiger partial charge in [-0.05, 0) is 37.5 Å². The molecule has 3 N–H and O–H groups in total. The van der Waals surface area contributed by atoms with Crippen molar-refractivity contribution in [3.8, 4) is 5.75 Å². The zero-order chi connectivity index (χ0) is 15.3. The maximum atomic E-state index is 13.6. The number of amides is 1. The van der Waals surface area contributed by atoms with Crippen LogP contribution in [0.5, 0.6) is 5.75 Å². The van der Waals surface area contributed by atoms with Crippen LogP contribution in [0.15, 0.2) is 18.2 Å². The number of carbonyl (C=O) groups excluding carboxylic acids is 1. The van der Waals surface area contributed by atoms with Gasteiger partial charge in [-0.1, -0.05) is 13.8 Å². The van der Waals surface area contributed by atoms with Crippen molar-refractivity contribution in [2.24, 2.45) is 11.7 Å². The molecule has 1 unspecified atom stereocenters. The summed E-state index contributed by atoms with van der Waals surface area (Å²) in [4.78, 5) is 12.2. The van der Waals surface area contributed by atoms with Crippen molar-refractivity contribution in [1.29, 1.82) is 0 Å². The average molecular weight is 319 g/mol. The number of halogens is 2. The smallest absolute Gasteiger partial charge is 0.251 e. The maximum absolute atomic E-state index is 13.6. The molecule has 1 amide bonds. The SMILES string of the molecule is COc1ccc(C(=O)NC(C)(CN)CC(C)C)cc1F.Cl. The Morgan fingerprint density at radius 2 is 2.10 bits per heavy atom. The molecule has 0 aliphatic carbocycles. The first-order valence-corrected chi connectivity index (χ1v) is 6.67. The van der Waals surface area contributed by atoms with E-state index in [9.17, 15) is 9.18 Å². The molecule has 21 heavy (non-hydrogen) atoms. The number of hydrogen-bond donors (Lipinski definition) is 2. The van der Waals surface area contributed by atoms with Gasteiger partial charge >= 0.3 is 0 Å². The second-order valence-electron chi connectivity index (χ2n) is 5.67. The number of nitrogens with two attached hydrogens (primary N) is 1. The highest BCUT2D eigenvalue weighted by atomic mass is 35.5. The van der Waals surface area contributed by atoms with Gasteiger partial charge in [0.15, 0.2) is 11.6 Å². The second kappa shape index (κ2) is 8.20. The summed E-state index contributed by atoms with van der Waals surface area (Å²) >= 11 is 0. The van der Waals surface area contributed by atoms with E-state index in [0.717, 1.165) is 6.42 Å². The van der Waals surface area contributed by atoms with E-state index in [2.05, 4.69) is 19.2 Å². The van der Waals surface area contributed by atoms with Gasteiger partial charge in [0.1, 0.15) is 0 Å². The molecule has 0 aliphatic heterocycles. The van der Waals surface area contributed by atoms with E-state index in [-0.39, 0.29) is 29.6 Å². The Hall–Kier alpha value is -1.33. The minimum absolute atomic E-state index is 0. The fraction of sp³-hybridized carbons (Fsp3) is 0.533. The molecule has 4 nitrogen and oxygen atoms in total. The van der Waals surface area contributed by atoms with E-state index in [1.54, 1.807) is 0 Å². The molecule has 0 saturated heterocycles. The van der Waals surface area contributed by atoms with Gasteiger partial charge in [-0.2, -0.15) is 0 Å². The van der Waals surface area contributed by atoms with Crippen LogP contribution in [-0.2, 0) is 0 Å². The van der Waals surface area contributed by atoms with Crippen LogP contribution in [0, 0.1) is 11.7 Å². The summed E-state index contributed by atoms with van der Waals surface area (Å²) in [7, 11) is 1.38. The third-order valence-corrected chi connectivity index (χ3v) is 3.14.